The van der Waals surface area contributed by atoms with Gasteiger partial charge in [-0.2, -0.15) is 0 Å². The number of anilines is 2. The lowest BCUT2D eigenvalue weighted by atomic mass is 10.1. The van der Waals surface area contributed by atoms with Gasteiger partial charge in [0.25, 0.3) is 0 Å². The standard InChI is InChI=1S/C13H19N3O3/c1-9-8-19-10(2)7-15(9)12-6-4-5-11(14-3)13(12)16(17)18/h4-6,9-10,14H,7-8H2,1-3H3. The number of hydrogen-bond acceptors (Lipinski definition) is 5. The SMILES string of the molecule is CNc1cccc(N2CC(C)OCC2C)c1[N+](=O)[O-]. The molecular weight excluding hydrogens is 246 g/mol. The van der Waals surface area contributed by atoms with Gasteiger partial charge in [-0.15, -0.1) is 0 Å². The van der Waals surface area contributed by atoms with Crippen molar-refractivity contribution in [1.82, 2.24) is 0 Å². The Morgan fingerprint density at radius 2 is 2.21 bits per heavy atom. The van der Waals surface area contributed by atoms with Crippen molar-refractivity contribution < 1.29 is 9.66 Å². The minimum Gasteiger partial charge on any atom is -0.382 e. The van der Waals surface area contributed by atoms with E-state index in [2.05, 4.69) is 5.32 Å². The van der Waals surface area contributed by atoms with Crippen molar-refractivity contribution >= 4 is 17.1 Å². The second-order valence-electron chi connectivity index (χ2n) is 4.83. The van der Waals surface area contributed by atoms with Gasteiger partial charge in [0.05, 0.1) is 17.6 Å². The van der Waals surface area contributed by atoms with E-state index in [0.717, 1.165) is 0 Å². The van der Waals surface area contributed by atoms with Crippen molar-refractivity contribution in [2.45, 2.75) is 26.0 Å². The Morgan fingerprint density at radius 3 is 2.84 bits per heavy atom. The maximum atomic E-state index is 11.3. The molecule has 104 valence electrons. The highest BCUT2D eigenvalue weighted by Crippen LogP contribution is 2.37. The van der Waals surface area contributed by atoms with Gasteiger partial charge in [0.15, 0.2) is 0 Å². The van der Waals surface area contributed by atoms with Crippen LogP contribution in [0.2, 0.25) is 0 Å². The van der Waals surface area contributed by atoms with Gasteiger partial charge in [-0.05, 0) is 26.0 Å². The first kappa shape index (κ1) is 13.6. The molecule has 1 N–H and O–H groups in total. The minimum atomic E-state index is -0.325. The molecule has 1 saturated heterocycles. The maximum Gasteiger partial charge on any atom is 0.315 e. The lowest BCUT2D eigenvalue weighted by Crippen LogP contribution is -2.47. The average molecular weight is 265 g/mol. The van der Waals surface area contributed by atoms with Gasteiger partial charge in [-0.25, -0.2) is 0 Å². The smallest absolute Gasteiger partial charge is 0.315 e. The molecule has 0 radical (unpaired) electrons. The number of ether oxygens (including phenoxy) is 1. The number of para-hydroxylation sites is 1. The molecule has 1 heterocycles. The summed E-state index contributed by atoms with van der Waals surface area (Å²) in [6.07, 6.45) is 0.0778. The molecule has 6 heteroatoms. The number of nitrogens with zero attached hydrogens (tertiary/aromatic N) is 2. The van der Waals surface area contributed by atoms with Gasteiger partial charge in [-0.3, -0.25) is 10.1 Å². The molecule has 2 atom stereocenters. The zero-order valence-electron chi connectivity index (χ0n) is 11.4. The summed E-state index contributed by atoms with van der Waals surface area (Å²) in [4.78, 5) is 13.1. The Morgan fingerprint density at radius 1 is 1.47 bits per heavy atom. The van der Waals surface area contributed by atoms with Crippen molar-refractivity contribution in [1.29, 1.82) is 0 Å². The average Bonchev–Trinajstić information content (AvgIpc) is 2.40. The van der Waals surface area contributed by atoms with Crippen LogP contribution in [0, 0.1) is 10.1 Å². The predicted octanol–water partition coefficient (Wildman–Crippen LogP) is 2.25. The number of benzene rings is 1. The highest BCUT2D eigenvalue weighted by atomic mass is 16.6. The normalized spacial score (nSPS) is 23.2. The molecule has 1 fully saturated rings. The Labute approximate surface area is 112 Å². The first-order chi connectivity index (χ1) is 9.04. The van der Waals surface area contributed by atoms with E-state index in [0.29, 0.717) is 24.5 Å². The lowest BCUT2D eigenvalue weighted by molar-refractivity contribution is -0.383. The quantitative estimate of drug-likeness (QED) is 0.670. The van der Waals surface area contributed by atoms with E-state index in [4.69, 9.17) is 4.74 Å². The monoisotopic (exact) mass is 265 g/mol. The Kier molecular flexibility index (Phi) is 3.90. The molecule has 1 aliphatic heterocycles. The summed E-state index contributed by atoms with van der Waals surface area (Å²) in [6, 6.07) is 5.48. The van der Waals surface area contributed by atoms with E-state index < -0.39 is 0 Å². The predicted molar refractivity (Wildman–Crippen MR) is 74.9 cm³/mol. The second-order valence-corrected chi connectivity index (χ2v) is 4.83. The second kappa shape index (κ2) is 5.44. The highest BCUT2D eigenvalue weighted by Gasteiger charge is 2.30. The Hall–Kier alpha value is -1.82. The van der Waals surface area contributed by atoms with Crippen molar-refractivity contribution in [2.24, 2.45) is 0 Å². The van der Waals surface area contributed by atoms with Gasteiger partial charge >= 0.3 is 5.69 Å². The summed E-state index contributed by atoms with van der Waals surface area (Å²) in [5.74, 6) is 0. The topological polar surface area (TPSA) is 67.6 Å². The van der Waals surface area contributed by atoms with E-state index in [1.807, 2.05) is 24.8 Å². The molecule has 1 aromatic rings. The van der Waals surface area contributed by atoms with Crippen LogP contribution in [0.3, 0.4) is 0 Å². The van der Waals surface area contributed by atoms with E-state index >= 15 is 0 Å². The van der Waals surface area contributed by atoms with E-state index in [9.17, 15) is 10.1 Å². The van der Waals surface area contributed by atoms with Crippen molar-refractivity contribution in [3.05, 3.63) is 28.3 Å². The minimum absolute atomic E-state index is 0.0778. The van der Waals surface area contributed by atoms with Crippen molar-refractivity contribution in [2.75, 3.05) is 30.4 Å². The molecule has 2 rings (SSSR count). The number of nitrogens with one attached hydrogen (secondary N) is 1. The molecule has 0 aromatic heterocycles. The first-order valence-electron chi connectivity index (χ1n) is 6.38. The van der Waals surface area contributed by atoms with E-state index in [-0.39, 0.29) is 22.8 Å². The van der Waals surface area contributed by atoms with Gasteiger partial charge in [-0.1, -0.05) is 6.07 Å². The van der Waals surface area contributed by atoms with Crippen LogP contribution in [0.1, 0.15) is 13.8 Å². The number of rotatable bonds is 3. The van der Waals surface area contributed by atoms with Gasteiger partial charge in [0.2, 0.25) is 0 Å². The van der Waals surface area contributed by atoms with Crippen LogP contribution in [0.5, 0.6) is 0 Å². The van der Waals surface area contributed by atoms with Crippen LogP contribution in [-0.2, 0) is 4.74 Å². The third-order valence-corrected chi connectivity index (χ3v) is 3.38. The number of nitro groups is 1. The summed E-state index contributed by atoms with van der Waals surface area (Å²) >= 11 is 0. The number of hydrogen-bond donors (Lipinski definition) is 1. The fourth-order valence-corrected chi connectivity index (χ4v) is 2.40. The van der Waals surface area contributed by atoms with Crippen LogP contribution in [0.25, 0.3) is 0 Å². The molecule has 2 unspecified atom stereocenters. The summed E-state index contributed by atoms with van der Waals surface area (Å²) in [5, 5.41) is 14.2. The van der Waals surface area contributed by atoms with Crippen LogP contribution in [0.4, 0.5) is 17.1 Å². The van der Waals surface area contributed by atoms with E-state index in [1.54, 1.807) is 19.2 Å². The van der Waals surface area contributed by atoms with Crippen LogP contribution >= 0.6 is 0 Å². The van der Waals surface area contributed by atoms with Crippen molar-refractivity contribution in [3.63, 3.8) is 0 Å². The van der Waals surface area contributed by atoms with Crippen LogP contribution in [-0.4, -0.2) is 37.3 Å². The summed E-state index contributed by atoms with van der Waals surface area (Å²) in [6.45, 7) is 5.24. The molecule has 0 bridgehead atoms. The molecule has 6 nitrogen and oxygen atoms in total. The molecule has 1 aliphatic rings. The fourth-order valence-electron chi connectivity index (χ4n) is 2.40. The number of nitro benzene ring substituents is 1. The zero-order chi connectivity index (χ0) is 14.0. The zero-order valence-corrected chi connectivity index (χ0v) is 11.4. The summed E-state index contributed by atoms with van der Waals surface area (Å²) < 4.78 is 5.57. The maximum absolute atomic E-state index is 11.3. The Balaban J connectivity index is 2.46. The van der Waals surface area contributed by atoms with Crippen molar-refractivity contribution in [3.8, 4) is 0 Å². The van der Waals surface area contributed by atoms with Crippen LogP contribution in [0.15, 0.2) is 18.2 Å². The summed E-state index contributed by atoms with van der Waals surface area (Å²) in [5.41, 5.74) is 1.32. The van der Waals surface area contributed by atoms with Gasteiger partial charge < -0.3 is 15.0 Å². The molecule has 0 amide bonds. The third kappa shape index (κ3) is 2.63. The number of morpholine rings is 1. The third-order valence-electron chi connectivity index (χ3n) is 3.38. The molecular formula is C13H19N3O3. The van der Waals surface area contributed by atoms with Crippen LogP contribution < -0.4 is 10.2 Å². The Bertz CT molecular complexity index is 478. The van der Waals surface area contributed by atoms with Gasteiger partial charge in [0.1, 0.15) is 11.4 Å². The van der Waals surface area contributed by atoms with Gasteiger partial charge in [0, 0.05) is 19.6 Å². The molecule has 0 aliphatic carbocycles. The molecule has 0 saturated carbocycles. The lowest BCUT2D eigenvalue weighted by Gasteiger charge is -2.38. The van der Waals surface area contributed by atoms with E-state index in [1.165, 1.54) is 0 Å². The fraction of sp³-hybridized carbons (Fsp3) is 0.538. The summed E-state index contributed by atoms with van der Waals surface area (Å²) in [7, 11) is 1.69. The first-order valence-corrected chi connectivity index (χ1v) is 6.38. The molecule has 19 heavy (non-hydrogen) atoms. The molecule has 1 aromatic carbocycles. The highest BCUT2D eigenvalue weighted by molar-refractivity contribution is 5.77. The largest absolute Gasteiger partial charge is 0.382 e. The molecule has 0 spiro atoms.